The summed E-state index contributed by atoms with van der Waals surface area (Å²) >= 11 is 0. The fourth-order valence-electron chi connectivity index (χ4n) is 2.20. The lowest BCUT2D eigenvalue weighted by Crippen LogP contribution is -2.30. The fourth-order valence-corrected chi connectivity index (χ4v) is 2.20. The van der Waals surface area contributed by atoms with Crippen LogP contribution in [0, 0.1) is 11.6 Å². The Bertz CT molecular complexity index is 726. The highest BCUT2D eigenvalue weighted by atomic mass is 19.1. The lowest BCUT2D eigenvalue weighted by molar-refractivity contribution is 0.0902. The molecule has 0 saturated carbocycles. The van der Waals surface area contributed by atoms with Crippen molar-refractivity contribution in [1.82, 2.24) is 5.32 Å². The highest BCUT2D eigenvalue weighted by molar-refractivity contribution is 6.07. The molecular weight excluding hydrogens is 304 g/mol. The molecule has 0 fully saturated rings. The molecule has 4 nitrogen and oxygen atoms in total. The van der Waals surface area contributed by atoms with Crippen molar-refractivity contribution in [3.63, 3.8) is 0 Å². The van der Waals surface area contributed by atoms with Crippen LogP contribution >= 0.6 is 0 Å². The summed E-state index contributed by atoms with van der Waals surface area (Å²) in [5.74, 6) is -2.67. The molecule has 6 heteroatoms. The van der Waals surface area contributed by atoms with Gasteiger partial charge in [0.05, 0.1) is 11.1 Å². The van der Waals surface area contributed by atoms with E-state index in [0.29, 0.717) is 0 Å². The average molecular weight is 319 g/mol. The molecule has 0 aliphatic carbocycles. The van der Waals surface area contributed by atoms with Gasteiger partial charge in [0.15, 0.2) is 5.78 Å². The smallest absolute Gasteiger partial charge is 0.252 e. The van der Waals surface area contributed by atoms with Gasteiger partial charge in [0.1, 0.15) is 17.7 Å². The largest absolute Gasteiger partial charge is 0.386 e. The molecule has 0 bridgehead atoms. The average Bonchev–Trinajstić information content (AvgIpc) is 2.52. The van der Waals surface area contributed by atoms with Crippen molar-refractivity contribution >= 4 is 11.7 Å². The number of amides is 1. The Labute approximate surface area is 131 Å². The zero-order chi connectivity index (χ0) is 17.0. The van der Waals surface area contributed by atoms with Crippen LogP contribution in [0.1, 0.15) is 39.3 Å². The number of aliphatic hydroxyl groups is 1. The molecule has 0 saturated heterocycles. The molecule has 1 atom stereocenters. The number of hydrogen-bond acceptors (Lipinski definition) is 3. The summed E-state index contributed by atoms with van der Waals surface area (Å²) in [5.41, 5.74) is -0.134. The van der Waals surface area contributed by atoms with E-state index in [1.807, 2.05) is 0 Å². The lowest BCUT2D eigenvalue weighted by Gasteiger charge is -2.14. The van der Waals surface area contributed by atoms with E-state index in [2.05, 4.69) is 5.32 Å². The molecule has 1 amide bonds. The Morgan fingerprint density at radius 3 is 2.17 bits per heavy atom. The number of hydrogen-bond donors (Lipinski definition) is 2. The number of Topliss-reactive ketones (excluding diaryl/α,β-unsaturated/α-hetero) is 1. The highest BCUT2D eigenvalue weighted by Gasteiger charge is 2.20. The maximum Gasteiger partial charge on any atom is 0.252 e. The van der Waals surface area contributed by atoms with Crippen molar-refractivity contribution in [1.29, 1.82) is 0 Å². The van der Waals surface area contributed by atoms with E-state index in [1.54, 1.807) is 12.1 Å². The van der Waals surface area contributed by atoms with Crippen LogP contribution in [-0.4, -0.2) is 23.3 Å². The van der Waals surface area contributed by atoms with Gasteiger partial charge in [0.2, 0.25) is 0 Å². The molecule has 0 spiro atoms. The molecule has 0 aliphatic rings. The summed E-state index contributed by atoms with van der Waals surface area (Å²) in [5, 5.41) is 12.3. The van der Waals surface area contributed by atoms with E-state index in [-0.39, 0.29) is 23.5 Å². The van der Waals surface area contributed by atoms with Crippen molar-refractivity contribution in [2.45, 2.75) is 13.0 Å². The Hall–Kier alpha value is -2.60. The number of nitrogens with one attached hydrogen (secondary N) is 1. The number of carbonyl (C=O) groups excluding carboxylic acids is 2. The van der Waals surface area contributed by atoms with Crippen LogP contribution in [0.5, 0.6) is 0 Å². The minimum Gasteiger partial charge on any atom is -0.386 e. The molecule has 2 aromatic carbocycles. The van der Waals surface area contributed by atoms with E-state index < -0.39 is 29.2 Å². The third-order valence-corrected chi connectivity index (χ3v) is 3.34. The van der Waals surface area contributed by atoms with E-state index >= 15 is 0 Å². The maximum absolute atomic E-state index is 13.6. The summed E-state index contributed by atoms with van der Waals surface area (Å²) in [7, 11) is 0. The summed E-state index contributed by atoms with van der Waals surface area (Å²) < 4.78 is 27.1. The van der Waals surface area contributed by atoms with Crippen LogP contribution in [0.25, 0.3) is 0 Å². The zero-order valence-electron chi connectivity index (χ0n) is 12.3. The van der Waals surface area contributed by atoms with E-state index in [1.165, 1.54) is 25.1 Å². The molecule has 0 aromatic heterocycles. The summed E-state index contributed by atoms with van der Waals surface area (Å²) in [4.78, 5) is 23.6. The second kappa shape index (κ2) is 7.11. The summed E-state index contributed by atoms with van der Waals surface area (Å²) in [6.45, 7) is 0.943. The van der Waals surface area contributed by atoms with Crippen LogP contribution < -0.4 is 5.32 Å². The van der Waals surface area contributed by atoms with Crippen LogP contribution in [0.3, 0.4) is 0 Å². The van der Waals surface area contributed by atoms with Crippen LogP contribution in [0.4, 0.5) is 8.78 Å². The fraction of sp³-hybridized carbons (Fsp3) is 0.176. The van der Waals surface area contributed by atoms with Gasteiger partial charge in [0, 0.05) is 12.1 Å². The van der Waals surface area contributed by atoms with Gasteiger partial charge in [-0.05, 0) is 25.1 Å². The van der Waals surface area contributed by atoms with Crippen LogP contribution in [0.2, 0.25) is 0 Å². The molecule has 120 valence electrons. The van der Waals surface area contributed by atoms with Crippen molar-refractivity contribution in [2.75, 3.05) is 6.54 Å². The first-order valence-electron chi connectivity index (χ1n) is 6.92. The Morgan fingerprint density at radius 1 is 1.04 bits per heavy atom. The molecule has 0 aliphatic heterocycles. The van der Waals surface area contributed by atoms with E-state index in [0.717, 1.165) is 12.1 Å². The Morgan fingerprint density at radius 2 is 1.61 bits per heavy atom. The van der Waals surface area contributed by atoms with Crippen molar-refractivity contribution in [2.24, 2.45) is 0 Å². The van der Waals surface area contributed by atoms with Crippen LogP contribution in [-0.2, 0) is 0 Å². The number of halogens is 2. The highest BCUT2D eigenvalue weighted by Crippen LogP contribution is 2.20. The predicted molar refractivity (Wildman–Crippen MR) is 80.1 cm³/mol. The first-order chi connectivity index (χ1) is 10.9. The molecule has 23 heavy (non-hydrogen) atoms. The number of benzene rings is 2. The molecule has 1 unspecified atom stereocenters. The van der Waals surface area contributed by atoms with Gasteiger partial charge in [-0.15, -0.1) is 0 Å². The van der Waals surface area contributed by atoms with Crippen LogP contribution in [0.15, 0.2) is 42.5 Å². The second-order valence-corrected chi connectivity index (χ2v) is 4.96. The molecule has 0 radical (unpaired) electrons. The number of rotatable bonds is 5. The molecule has 2 N–H and O–H groups in total. The standard InChI is InChI=1S/C17H15F2NO3/c1-10(21)11-5-2-3-6-12(11)17(23)20-9-15(22)16-13(18)7-4-8-14(16)19/h2-8,15,22H,9H2,1H3,(H,20,23). The first-order valence-corrected chi connectivity index (χ1v) is 6.92. The third-order valence-electron chi connectivity index (χ3n) is 3.34. The number of aliphatic hydroxyl groups excluding tert-OH is 1. The van der Waals surface area contributed by atoms with Gasteiger partial charge in [0.25, 0.3) is 5.91 Å². The molecule has 0 heterocycles. The lowest BCUT2D eigenvalue weighted by atomic mass is 10.0. The van der Waals surface area contributed by atoms with Gasteiger partial charge >= 0.3 is 0 Å². The zero-order valence-corrected chi connectivity index (χ0v) is 12.3. The monoisotopic (exact) mass is 319 g/mol. The van der Waals surface area contributed by atoms with Gasteiger partial charge in [-0.25, -0.2) is 8.78 Å². The number of ketones is 1. The third kappa shape index (κ3) is 3.78. The van der Waals surface area contributed by atoms with Gasteiger partial charge in [-0.1, -0.05) is 24.3 Å². The van der Waals surface area contributed by atoms with Gasteiger partial charge in [-0.2, -0.15) is 0 Å². The van der Waals surface area contributed by atoms with E-state index in [9.17, 15) is 23.5 Å². The Kier molecular flexibility index (Phi) is 5.18. The van der Waals surface area contributed by atoms with Crippen molar-refractivity contribution < 1.29 is 23.5 Å². The van der Waals surface area contributed by atoms with Crippen molar-refractivity contribution in [3.05, 3.63) is 70.8 Å². The topological polar surface area (TPSA) is 66.4 Å². The minimum absolute atomic E-state index is 0.140. The SMILES string of the molecule is CC(=O)c1ccccc1C(=O)NCC(O)c1c(F)cccc1F. The predicted octanol–water partition coefficient (Wildman–Crippen LogP) is 2.63. The van der Waals surface area contributed by atoms with Crippen molar-refractivity contribution in [3.8, 4) is 0 Å². The molecule has 2 aromatic rings. The maximum atomic E-state index is 13.6. The normalized spacial score (nSPS) is 11.8. The second-order valence-electron chi connectivity index (χ2n) is 4.96. The summed E-state index contributed by atoms with van der Waals surface area (Å²) in [6.07, 6.45) is -1.54. The quantitative estimate of drug-likeness (QED) is 0.833. The van der Waals surface area contributed by atoms with Gasteiger partial charge in [-0.3, -0.25) is 9.59 Å². The molecule has 2 rings (SSSR count). The minimum atomic E-state index is -1.54. The van der Waals surface area contributed by atoms with Gasteiger partial charge < -0.3 is 10.4 Å². The van der Waals surface area contributed by atoms with E-state index in [4.69, 9.17) is 0 Å². The number of carbonyl (C=O) groups is 2. The summed E-state index contributed by atoms with van der Waals surface area (Å²) in [6, 6.07) is 9.41. The Balaban J connectivity index is 2.12. The first kappa shape index (κ1) is 16.8. The molecular formula is C17H15F2NO3.